The van der Waals surface area contributed by atoms with E-state index in [9.17, 15) is 0 Å². The minimum atomic E-state index is 0.272. The molecule has 4 heteroatoms. The summed E-state index contributed by atoms with van der Waals surface area (Å²) < 4.78 is 22.4. The van der Waals surface area contributed by atoms with Crippen molar-refractivity contribution in [1.29, 1.82) is 0 Å². The van der Waals surface area contributed by atoms with Crippen molar-refractivity contribution in [3.05, 3.63) is 53.6 Å². The monoisotopic (exact) mass is 324 g/mol. The SMILES string of the molecule is CC(/C=C/c1ccc2c(c1)OCCO2)c1ccc2c(c1)OCCO2. The molecule has 24 heavy (non-hydrogen) atoms. The summed E-state index contributed by atoms with van der Waals surface area (Å²) in [7, 11) is 0. The van der Waals surface area contributed by atoms with E-state index < -0.39 is 0 Å². The highest BCUT2D eigenvalue weighted by Gasteiger charge is 2.14. The first-order chi connectivity index (χ1) is 11.8. The summed E-state index contributed by atoms with van der Waals surface area (Å²) >= 11 is 0. The van der Waals surface area contributed by atoms with Gasteiger partial charge in [-0.15, -0.1) is 0 Å². The van der Waals surface area contributed by atoms with E-state index in [1.165, 1.54) is 5.56 Å². The van der Waals surface area contributed by atoms with E-state index in [-0.39, 0.29) is 5.92 Å². The molecule has 0 bridgehead atoms. The van der Waals surface area contributed by atoms with Crippen molar-refractivity contribution >= 4 is 6.08 Å². The summed E-state index contributed by atoms with van der Waals surface area (Å²) in [5, 5.41) is 0. The molecule has 124 valence electrons. The molecule has 2 aliphatic heterocycles. The van der Waals surface area contributed by atoms with Gasteiger partial charge in [0.05, 0.1) is 0 Å². The summed E-state index contributed by atoms with van der Waals surface area (Å²) in [5.74, 6) is 3.56. The van der Waals surface area contributed by atoms with Crippen molar-refractivity contribution in [3.63, 3.8) is 0 Å². The van der Waals surface area contributed by atoms with E-state index in [4.69, 9.17) is 18.9 Å². The molecule has 1 unspecified atom stereocenters. The van der Waals surface area contributed by atoms with Crippen LogP contribution in [-0.2, 0) is 0 Å². The molecule has 2 aromatic rings. The predicted molar refractivity (Wildman–Crippen MR) is 92.3 cm³/mol. The van der Waals surface area contributed by atoms with Crippen molar-refractivity contribution in [3.8, 4) is 23.0 Å². The smallest absolute Gasteiger partial charge is 0.161 e. The Hall–Kier alpha value is -2.62. The molecular formula is C20H20O4. The number of fused-ring (bicyclic) bond motifs is 2. The van der Waals surface area contributed by atoms with Crippen LogP contribution in [0.25, 0.3) is 6.08 Å². The quantitative estimate of drug-likeness (QED) is 0.854. The highest BCUT2D eigenvalue weighted by atomic mass is 16.6. The maximum absolute atomic E-state index is 5.66. The van der Waals surface area contributed by atoms with E-state index >= 15 is 0 Å². The van der Waals surface area contributed by atoms with Gasteiger partial charge in [-0.25, -0.2) is 0 Å². The Morgan fingerprint density at radius 3 is 2.04 bits per heavy atom. The molecule has 1 atom stereocenters. The fourth-order valence-corrected chi connectivity index (χ4v) is 2.87. The standard InChI is InChI=1S/C20H20O4/c1-14(16-5-7-18-20(13-16)24-11-9-22-18)2-3-15-4-6-17-19(12-15)23-10-8-21-17/h2-7,12-14H,8-11H2,1H3/b3-2+. The van der Waals surface area contributed by atoms with Gasteiger partial charge >= 0.3 is 0 Å². The van der Waals surface area contributed by atoms with Crippen LogP contribution in [0.1, 0.15) is 24.0 Å². The normalized spacial score (nSPS) is 16.9. The van der Waals surface area contributed by atoms with E-state index in [1.54, 1.807) is 0 Å². The number of ether oxygens (including phenoxy) is 4. The summed E-state index contributed by atoms with van der Waals surface area (Å²) in [4.78, 5) is 0. The zero-order valence-electron chi connectivity index (χ0n) is 13.7. The van der Waals surface area contributed by atoms with Crippen molar-refractivity contribution in [1.82, 2.24) is 0 Å². The molecule has 2 aromatic carbocycles. The summed E-state index contributed by atoms with van der Waals surface area (Å²) in [6.07, 6.45) is 4.29. The van der Waals surface area contributed by atoms with Gasteiger partial charge in [0, 0.05) is 0 Å². The lowest BCUT2D eigenvalue weighted by Gasteiger charge is -2.20. The van der Waals surface area contributed by atoms with Crippen molar-refractivity contribution in [2.45, 2.75) is 12.8 Å². The third-order valence-corrected chi connectivity index (χ3v) is 4.24. The molecule has 0 spiro atoms. The molecule has 0 amide bonds. The molecule has 2 aliphatic rings. The van der Waals surface area contributed by atoms with Gasteiger partial charge in [-0.3, -0.25) is 0 Å². The average molecular weight is 324 g/mol. The molecular weight excluding hydrogens is 304 g/mol. The van der Waals surface area contributed by atoms with Crippen LogP contribution in [-0.4, -0.2) is 26.4 Å². The number of benzene rings is 2. The van der Waals surface area contributed by atoms with Crippen LogP contribution in [0, 0.1) is 0 Å². The lowest BCUT2D eigenvalue weighted by Crippen LogP contribution is -2.15. The Morgan fingerprint density at radius 1 is 0.750 bits per heavy atom. The van der Waals surface area contributed by atoms with Crippen LogP contribution in [0.15, 0.2) is 42.5 Å². The zero-order valence-corrected chi connectivity index (χ0v) is 13.7. The topological polar surface area (TPSA) is 36.9 Å². The molecule has 2 heterocycles. The predicted octanol–water partition coefficient (Wildman–Crippen LogP) is 4.05. The number of hydrogen-bond acceptors (Lipinski definition) is 4. The molecule has 0 aromatic heterocycles. The second-order valence-electron chi connectivity index (χ2n) is 5.95. The minimum absolute atomic E-state index is 0.272. The molecule has 4 rings (SSSR count). The van der Waals surface area contributed by atoms with Gasteiger partial charge < -0.3 is 18.9 Å². The second kappa shape index (κ2) is 6.48. The Kier molecular flexibility index (Phi) is 4.03. The van der Waals surface area contributed by atoms with Crippen LogP contribution < -0.4 is 18.9 Å². The molecule has 0 radical (unpaired) electrons. The van der Waals surface area contributed by atoms with E-state index in [2.05, 4.69) is 31.2 Å². The van der Waals surface area contributed by atoms with Crippen LogP contribution in [0.3, 0.4) is 0 Å². The lowest BCUT2D eigenvalue weighted by molar-refractivity contribution is 0.171. The van der Waals surface area contributed by atoms with Crippen molar-refractivity contribution < 1.29 is 18.9 Å². The molecule has 0 aliphatic carbocycles. The Balaban J connectivity index is 1.51. The van der Waals surface area contributed by atoms with Gasteiger partial charge in [-0.05, 0) is 41.3 Å². The molecule has 0 fully saturated rings. The van der Waals surface area contributed by atoms with E-state index in [1.807, 2.05) is 24.3 Å². The molecule has 0 N–H and O–H groups in total. The van der Waals surface area contributed by atoms with Crippen molar-refractivity contribution in [2.75, 3.05) is 26.4 Å². The van der Waals surface area contributed by atoms with Crippen molar-refractivity contribution in [2.24, 2.45) is 0 Å². The lowest BCUT2D eigenvalue weighted by atomic mass is 9.99. The summed E-state index contributed by atoms with van der Waals surface area (Å²) in [6, 6.07) is 12.2. The summed E-state index contributed by atoms with van der Waals surface area (Å²) in [6.45, 7) is 4.61. The van der Waals surface area contributed by atoms with Gasteiger partial charge in [-0.2, -0.15) is 0 Å². The first-order valence-corrected chi connectivity index (χ1v) is 8.27. The fraction of sp³-hybridized carbons (Fsp3) is 0.300. The maximum atomic E-state index is 5.66. The first-order valence-electron chi connectivity index (χ1n) is 8.27. The summed E-state index contributed by atoms with van der Waals surface area (Å²) in [5.41, 5.74) is 2.30. The maximum Gasteiger partial charge on any atom is 0.161 e. The van der Waals surface area contributed by atoms with Gasteiger partial charge in [-0.1, -0.05) is 31.2 Å². The first kappa shape index (κ1) is 14.9. The molecule has 0 saturated heterocycles. The molecule has 0 saturated carbocycles. The number of rotatable bonds is 3. The number of allylic oxidation sites excluding steroid dienone is 1. The largest absolute Gasteiger partial charge is 0.486 e. The fourth-order valence-electron chi connectivity index (χ4n) is 2.87. The van der Waals surface area contributed by atoms with Gasteiger partial charge in [0.2, 0.25) is 0 Å². The Labute approximate surface area is 141 Å². The van der Waals surface area contributed by atoms with Crippen LogP contribution in [0.4, 0.5) is 0 Å². The highest BCUT2D eigenvalue weighted by molar-refractivity contribution is 5.57. The van der Waals surface area contributed by atoms with Gasteiger partial charge in [0.1, 0.15) is 26.4 Å². The second-order valence-corrected chi connectivity index (χ2v) is 5.95. The third-order valence-electron chi connectivity index (χ3n) is 4.24. The van der Waals surface area contributed by atoms with E-state index in [0.717, 1.165) is 28.6 Å². The number of hydrogen-bond donors (Lipinski definition) is 0. The van der Waals surface area contributed by atoms with Crippen LogP contribution in [0.5, 0.6) is 23.0 Å². The van der Waals surface area contributed by atoms with Crippen LogP contribution >= 0.6 is 0 Å². The minimum Gasteiger partial charge on any atom is -0.486 e. The van der Waals surface area contributed by atoms with E-state index in [0.29, 0.717) is 26.4 Å². The highest BCUT2D eigenvalue weighted by Crippen LogP contribution is 2.34. The van der Waals surface area contributed by atoms with Gasteiger partial charge in [0.25, 0.3) is 0 Å². The molecule has 4 nitrogen and oxygen atoms in total. The Bertz CT molecular complexity index is 766. The Morgan fingerprint density at radius 2 is 1.33 bits per heavy atom. The zero-order chi connectivity index (χ0) is 16.4. The average Bonchev–Trinajstić information content (AvgIpc) is 2.65. The van der Waals surface area contributed by atoms with Gasteiger partial charge in [0.15, 0.2) is 23.0 Å². The van der Waals surface area contributed by atoms with Crippen LogP contribution in [0.2, 0.25) is 0 Å². The third kappa shape index (κ3) is 3.04.